The van der Waals surface area contributed by atoms with Crippen LogP contribution in [0.4, 0.5) is 0 Å². The van der Waals surface area contributed by atoms with Crippen molar-refractivity contribution in [2.45, 2.75) is 110 Å². The number of hydrogen-bond donors (Lipinski definition) is 2. The fourth-order valence-corrected chi connectivity index (χ4v) is 3.13. The lowest BCUT2D eigenvalue weighted by Gasteiger charge is -2.14. The molecule has 0 fully saturated rings. The van der Waals surface area contributed by atoms with E-state index in [0.29, 0.717) is 0 Å². The van der Waals surface area contributed by atoms with Gasteiger partial charge >= 0.3 is 11.9 Å². The third-order valence-corrected chi connectivity index (χ3v) is 4.99. The average molecular weight is 398 g/mol. The van der Waals surface area contributed by atoms with Gasteiger partial charge < -0.3 is 15.4 Å². The minimum atomic E-state index is -0.663. The first-order valence-corrected chi connectivity index (χ1v) is 11.3. The van der Waals surface area contributed by atoms with Gasteiger partial charge in [0.2, 0.25) is 0 Å². The summed E-state index contributed by atoms with van der Waals surface area (Å²) in [6.07, 6.45) is 19.4. The van der Waals surface area contributed by atoms with Gasteiger partial charge in [0, 0.05) is 13.5 Å². The van der Waals surface area contributed by atoms with Crippen LogP contribution < -0.4 is 5.73 Å². The first-order valence-electron chi connectivity index (χ1n) is 11.3. The molecule has 0 aliphatic rings. The third kappa shape index (κ3) is 17.8. The molecule has 0 spiro atoms. The minimum absolute atomic E-state index is 0.181. The summed E-state index contributed by atoms with van der Waals surface area (Å²) in [5.74, 6) is -1.38. The summed E-state index contributed by atoms with van der Waals surface area (Å²) < 4.78 is 4.72. The summed E-state index contributed by atoms with van der Waals surface area (Å²) in [7, 11) is 1.50. The number of rotatable bonds is 18. The molecule has 0 aliphatic carbocycles. The molecule has 0 aromatic rings. The van der Waals surface area contributed by atoms with Crippen molar-refractivity contribution >= 4 is 17.9 Å². The first-order chi connectivity index (χ1) is 13.5. The molecule has 0 saturated carbocycles. The van der Waals surface area contributed by atoms with Crippen LogP contribution in [0.25, 0.3) is 0 Å². The van der Waals surface area contributed by atoms with Gasteiger partial charge in [0.25, 0.3) is 0 Å². The number of nitrogens with one attached hydrogen (secondary N) is 1. The highest BCUT2D eigenvalue weighted by molar-refractivity contribution is 5.88. The van der Waals surface area contributed by atoms with Crippen LogP contribution in [0.5, 0.6) is 0 Å². The summed E-state index contributed by atoms with van der Waals surface area (Å²) in [5.41, 5.74) is 5.23. The zero-order valence-electron chi connectivity index (χ0n) is 18.3. The predicted molar refractivity (Wildman–Crippen MR) is 115 cm³/mol. The van der Waals surface area contributed by atoms with E-state index in [-0.39, 0.29) is 18.9 Å². The van der Waals surface area contributed by atoms with Gasteiger partial charge in [-0.25, -0.2) is 4.79 Å². The van der Waals surface area contributed by atoms with Gasteiger partial charge in [0.15, 0.2) is 5.96 Å². The zero-order chi connectivity index (χ0) is 21.0. The molecule has 6 nitrogen and oxygen atoms in total. The Morgan fingerprint density at radius 3 is 1.54 bits per heavy atom. The Bertz CT molecular complexity index is 427. The quantitative estimate of drug-likeness (QED) is 0.110. The Labute approximate surface area is 172 Å². The van der Waals surface area contributed by atoms with E-state index >= 15 is 0 Å². The maximum absolute atomic E-state index is 11.6. The number of ether oxygens (including phenoxy) is 1. The van der Waals surface area contributed by atoms with Crippen LogP contribution in [0.2, 0.25) is 0 Å². The van der Waals surface area contributed by atoms with Gasteiger partial charge in [-0.15, -0.1) is 0 Å². The van der Waals surface area contributed by atoms with Crippen LogP contribution in [0.1, 0.15) is 110 Å². The fourth-order valence-electron chi connectivity index (χ4n) is 3.13. The molecule has 0 aliphatic heterocycles. The van der Waals surface area contributed by atoms with E-state index in [0.717, 1.165) is 19.3 Å². The highest BCUT2D eigenvalue weighted by atomic mass is 16.6. The largest absolute Gasteiger partial charge is 0.392 e. The molecule has 0 aromatic carbocycles. The Balaban J connectivity index is 3.33. The molecule has 0 amide bonds. The number of likely N-dealkylation sites (N-methyl/N-ethyl adjacent to an activating group) is 1. The molecule has 3 N–H and O–H groups in total. The first kappa shape index (κ1) is 26.4. The van der Waals surface area contributed by atoms with Crippen molar-refractivity contribution in [2.24, 2.45) is 5.73 Å². The fraction of sp³-hybridized carbons (Fsp3) is 0.864. The highest BCUT2D eigenvalue weighted by Crippen LogP contribution is 2.13. The number of hydrogen-bond acceptors (Lipinski definition) is 4. The highest BCUT2D eigenvalue weighted by Gasteiger charge is 2.13. The molecular weight excluding hydrogens is 354 g/mol. The van der Waals surface area contributed by atoms with E-state index in [1.54, 1.807) is 0 Å². The summed E-state index contributed by atoms with van der Waals surface area (Å²) in [5, 5.41) is 7.16. The summed E-state index contributed by atoms with van der Waals surface area (Å²) in [4.78, 5) is 24.3. The standard InChI is InChI=1S/C22H43N3O3/c1-3-4-5-6-7-8-9-10-11-12-13-14-15-16-17-18-20(26)28-21(27)19-25(2)22(23)24/h3-19H2,1-2H3,(H3,23,24). The van der Waals surface area contributed by atoms with E-state index in [4.69, 9.17) is 15.9 Å². The minimum Gasteiger partial charge on any atom is -0.392 e. The van der Waals surface area contributed by atoms with Crippen LogP contribution in [-0.4, -0.2) is 36.4 Å². The van der Waals surface area contributed by atoms with E-state index in [9.17, 15) is 9.59 Å². The Kier molecular flexibility index (Phi) is 17.7. The molecular formula is C22H43N3O3. The number of carbonyl (C=O) groups is 2. The van der Waals surface area contributed by atoms with Crippen LogP contribution >= 0.6 is 0 Å². The number of guanidine groups is 1. The van der Waals surface area contributed by atoms with Crippen molar-refractivity contribution in [2.75, 3.05) is 13.6 Å². The molecule has 0 atom stereocenters. The molecule has 28 heavy (non-hydrogen) atoms. The summed E-state index contributed by atoms with van der Waals surface area (Å²) in [6, 6.07) is 0. The van der Waals surface area contributed by atoms with Crippen LogP contribution in [0.15, 0.2) is 0 Å². The molecule has 0 aromatic heterocycles. The molecule has 0 rings (SSSR count). The number of esters is 2. The molecule has 0 saturated heterocycles. The smallest absolute Gasteiger partial charge is 0.333 e. The Hall–Kier alpha value is -1.59. The summed E-state index contributed by atoms with van der Waals surface area (Å²) in [6.45, 7) is 2.08. The van der Waals surface area contributed by atoms with Gasteiger partial charge in [0.05, 0.1) is 0 Å². The van der Waals surface area contributed by atoms with E-state index in [1.807, 2.05) is 0 Å². The lowest BCUT2D eigenvalue weighted by Crippen LogP contribution is -2.37. The molecule has 6 heteroatoms. The Morgan fingerprint density at radius 1 is 0.750 bits per heavy atom. The Morgan fingerprint density at radius 2 is 1.14 bits per heavy atom. The normalized spacial score (nSPS) is 10.6. The van der Waals surface area contributed by atoms with Gasteiger partial charge in [0.1, 0.15) is 6.54 Å². The number of nitrogens with two attached hydrogens (primary N) is 1. The molecule has 164 valence electrons. The van der Waals surface area contributed by atoms with Gasteiger partial charge in [-0.3, -0.25) is 10.2 Å². The van der Waals surface area contributed by atoms with E-state index < -0.39 is 11.9 Å². The van der Waals surface area contributed by atoms with Gasteiger partial charge in [-0.05, 0) is 6.42 Å². The van der Waals surface area contributed by atoms with Crippen molar-refractivity contribution in [3.05, 3.63) is 0 Å². The van der Waals surface area contributed by atoms with Crippen molar-refractivity contribution in [3.63, 3.8) is 0 Å². The van der Waals surface area contributed by atoms with E-state index in [2.05, 4.69) is 6.92 Å². The second-order valence-corrected chi connectivity index (χ2v) is 7.79. The molecule has 0 heterocycles. The van der Waals surface area contributed by atoms with Crippen molar-refractivity contribution in [1.29, 1.82) is 5.41 Å². The monoisotopic (exact) mass is 397 g/mol. The van der Waals surface area contributed by atoms with Gasteiger partial charge in [-0.2, -0.15) is 0 Å². The summed E-state index contributed by atoms with van der Waals surface area (Å²) >= 11 is 0. The van der Waals surface area contributed by atoms with Crippen molar-refractivity contribution in [3.8, 4) is 0 Å². The van der Waals surface area contributed by atoms with Crippen LogP contribution in [0, 0.1) is 5.41 Å². The van der Waals surface area contributed by atoms with E-state index in [1.165, 1.54) is 89.0 Å². The number of nitrogens with zero attached hydrogens (tertiary/aromatic N) is 1. The maximum atomic E-state index is 11.6. The average Bonchev–Trinajstić information content (AvgIpc) is 2.64. The van der Waals surface area contributed by atoms with Crippen LogP contribution in [0.3, 0.4) is 0 Å². The molecule has 0 radical (unpaired) electrons. The third-order valence-electron chi connectivity index (χ3n) is 4.99. The lowest BCUT2D eigenvalue weighted by molar-refractivity contribution is -0.159. The number of unbranched alkanes of at least 4 members (excludes halogenated alkanes) is 14. The second-order valence-electron chi connectivity index (χ2n) is 7.79. The molecule has 0 unspecified atom stereocenters. The van der Waals surface area contributed by atoms with Gasteiger partial charge in [-0.1, -0.05) is 96.8 Å². The lowest BCUT2D eigenvalue weighted by atomic mass is 10.0. The second kappa shape index (κ2) is 18.8. The maximum Gasteiger partial charge on any atom is 0.333 e. The zero-order valence-corrected chi connectivity index (χ0v) is 18.3. The van der Waals surface area contributed by atoms with Crippen molar-refractivity contribution in [1.82, 2.24) is 4.90 Å². The topological polar surface area (TPSA) is 96.5 Å². The molecule has 0 bridgehead atoms. The number of carbonyl (C=O) groups excluding carboxylic acids is 2. The predicted octanol–water partition coefficient (Wildman–Crippen LogP) is 5.14. The SMILES string of the molecule is CCCCCCCCCCCCCCCCCC(=O)OC(=O)CN(C)C(=N)N. The van der Waals surface area contributed by atoms with Crippen LogP contribution in [-0.2, 0) is 14.3 Å². The van der Waals surface area contributed by atoms with Crippen molar-refractivity contribution < 1.29 is 14.3 Å².